The van der Waals surface area contributed by atoms with Gasteiger partial charge in [-0.2, -0.15) is 0 Å². The van der Waals surface area contributed by atoms with Crippen molar-refractivity contribution in [1.82, 2.24) is 0 Å². The van der Waals surface area contributed by atoms with Gasteiger partial charge in [0.25, 0.3) is 0 Å². The highest BCUT2D eigenvalue weighted by atomic mass is 15.0. The molecule has 1 aliphatic carbocycles. The van der Waals surface area contributed by atoms with E-state index in [9.17, 15) is 0 Å². The zero-order valence-electron chi connectivity index (χ0n) is 7.37. The summed E-state index contributed by atoms with van der Waals surface area (Å²) >= 11 is 0. The molecular weight excluding hydrogens is 152 g/mol. The van der Waals surface area contributed by atoms with Crippen LogP contribution in [0.5, 0.6) is 0 Å². The summed E-state index contributed by atoms with van der Waals surface area (Å²) in [6.45, 7) is 0. The first-order chi connectivity index (χ1) is 5.59. The van der Waals surface area contributed by atoms with Crippen LogP contribution in [0.25, 0.3) is 0 Å². The van der Waals surface area contributed by atoms with Gasteiger partial charge in [0.2, 0.25) is 0 Å². The highest BCUT2D eigenvalue weighted by Crippen LogP contribution is 2.37. The third-order valence-corrected chi connectivity index (χ3v) is 2.96. The number of nitrogens with two attached hydrogens (primary N) is 4. The average Bonchev–Trinajstić information content (AvgIpc) is 2.05. The van der Waals surface area contributed by atoms with Crippen molar-refractivity contribution in [2.45, 2.75) is 38.0 Å². The maximum atomic E-state index is 5.71. The van der Waals surface area contributed by atoms with Crippen LogP contribution in [0.2, 0.25) is 0 Å². The van der Waals surface area contributed by atoms with E-state index in [1.54, 1.807) is 0 Å². The Balaban J connectivity index is 2.70. The van der Waals surface area contributed by atoms with Crippen molar-refractivity contribution in [2.75, 3.05) is 0 Å². The first-order valence-electron chi connectivity index (χ1n) is 4.43. The quantitative estimate of drug-likeness (QED) is 0.410. The molecule has 0 heterocycles. The monoisotopic (exact) mass is 171 g/mol. The third-order valence-electron chi connectivity index (χ3n) is 2.96. The molecule has 1 aliphatic rings. The minimum absolute atomic E-state index is 0.241. The lowest BCUT2D eigenvalue weighted by Gasteiger charge is -2.42. The van der Waals surface area contributed by atoms with Gasteiger partial charge in [-0.25, -0.2) is 0 Å². The van der Waals surface area contributed by atoms with Gasteiger partial charge in [-0.3, -0.25) is 0 Å². The number of rotatable bonds is 2. The molecule has 0 aromatic carbocycles. The van der Waals surface area contributed by atoms with E-state index in [1.165, 1.54) is 0 Å². The van der Waals surface area contributed by atoms with E-state index in [2.05, 4.69) is 6.42 Å². The predicted molar refractivity (Wildman–Crippen MR) is 49.5 cm³/mol. The van der Waals surface area contributed by atoms with Crippen LogP contribution in [-0.2, 0) is 0 Å². The summed E-state index contributed by atoms with van der Waals surface area (Å²) in [5, 5.41) is 0. The van der Waals surface area contributed by atoms with Crippen LogP contribution in [0.3, 0.4) is 0 Å². The molecule has 0 aromatic heterocycles. The van der Waals surface area contributed by atoms with Crippen LogP contribution >= 0.6 is 0 Å². The van der Waals surface area contributed by atoms with Crippen molar-refractivity contribution in [3.05, 3.63) is 6.42 Å². The molecule has 1 fully saturated rings. The molecule has 0 aliphatic heterocycles. The summed E-state index contributed by atoms with van der Waals surface area (Å²) in [5.41, 5.74) is 22.6. The Morgan fingerprint density at radius 1 is 0.917 bits per heavy atom. The molecule has 0 bridgehead atoms. The van der Waals surface area contributed by atoms with Gasteiger partial charge in [0, 0.05) is 5.41 Å². The van der Waals surface area contributed by atoms with E-state index in [0.29, 0.717) is 0 Å². The van der Waals surface area contributed by atoms with E-state index in [0.717, 1.165) is 25.7 Å². The molecule has 0 aromatic rings. The van der Waals surface area contributed by atoms with Crippen LogP contribution < -0.4 is 22.9 Å². The largest absolute Gasteiger partial charge is 0.316 e. The van der Waals surface area contributed by atoms with Crippen molar-refractivity contribution in [3.8, 4) is 0 Å². The fraction of sp³-hybridized carbons (Fsp3) is 0.875. The first kappa shape index (κ1) is 9.92. The molecule has 0 saturated heterocycles. The van der Waals surface area contributed by atoms with Crippen molar-refractivity contribution in [1.29, 1.82) is 0 Å². The normalized spacial score (nSPS) is 23.5. The molecule has 1 rings (SSSR count). The van der Waals surface area contributed by atoms with Crippen molar-refractivity contribution in [3.63, 3.8) is 0 Å². The third kappa shape index (κ3) is 1.61. The van der Waals surface area contributed by atoms with E-state index in [-0.39, 0.29) is 5.41 Å². The van der Waals surface area contributed by atoms with Crippen LogP contribution in [0, 0.1) is 11.8 Å². The van der Waals surface area contributed by atoms with Gasteiger partial charge in [-0.05, 0) is 32.1 Å². The van der Waals surface area contributed by atoms with Crippen LogP contribution in [0.15, 0.2) is 0 Å². The second-order valence-corrected chi connectivity index (χ2v) is 3.65. The Morgan fingerprint density at radius 2 is 1.33 bits per heavy atom. The molecule has 8 N–H and O–H groups in total. The molecule has 4 nitrogen and oxygen atoms in total. The van der Waals surface area contributed by atoms with Gasteiger partial charge in [0.1, 0.15) is 0 Å². The standard InChI is InChI=1S/C8H19N4/c9-6(10)8(7(11)12)4-2-1-3-5-8/h1,6-7H,2-5,9-12H2. The highest BCUT2D eigenvalue weighted by Gasteiger charge is 2.40. The summed E-state index contributed by atoms with van der Waals surface area (Å²) in [4.78, 5) is 0. The lowest BCUT2D eigenvalue weighted by molar-refractivity contribution is 0.127. The minimum atomic E-state index is -0.397. The summed E-state index contributed by atoms with van der Waals surface area (Å²) in [5.74, 6) is 0. The van der Waals surface area contributed by atoms with Gasteiger partial charge in [-0.15, -0.1) is 0 Å². The van der Waals surface area contributed by atoms with Crippen LogP contribution in [0.4, 0.5) is 0 Å². The van der Waals surface area contributed by atoms with Gasteiger partial charge in [0.05, 0.1) is 12.3 Å². The SMILES string of the molecule is NC(N)C1(C(N)N)CC[CH]CC1. The molecular formula is C8H19N4. The number of hydrogen-bond acceptors (Lipinski definition) is 4. The Labute approximate surface area is 73.6 Å². The molecule has 71 valence electrons. The molecule has 0 amide bonds. The Hall–Kier alpha value is -0.160. The molecule has 4 heteroatoms. The molecule has 0 atom stereocenters. The van der Waals surface area contributed by atoms with Crippen molar-refractivity contribution >= 4 is 0 Å². The smallest absolute Gasteiger partial charge is 0.0607 e. The zero-order valence-corrected chi connectivity index (χ0v) is 7.37. The van der Waals surface area contributed by atoms with E-state index in [1.807, 2.05) is 0 Å². The van der Waals surface area contributed by atoms with Gasteiger partial charge >= 0.3 is 0 Å². The molecule has 0 unspecified atom stereocenters. The van der Waals surface area contributed by atoms with Gasteiger partial charge in [0.15, 0.2) is 0 Å². The van der Waals surface area contributed by atoms with E-state index < -0.39 is 12.3 Å². The predicted octanol–water partition coefficient (Wildman–Crippen LogP) is -0.762. The number of hydrogen-bond donors (Lipinski definition) is 4. The van der Waals surface area contributed by atoms with Gasteiger partial charge < -0.3 is 22.9 Å². The topological polar surface area (TPSA) is 104 Å². The summed E-state index contributed by atoms with van der Waals surface area (Å²) in [6.07, 6.45) is 5.33. The molecule has 0 spiro atoms. The van der Waals surface area contributed by atoms with E-state index in [4.69, 9.17) is 22.9 Å². The summed E-state index contributed by atoms with van der Waals surface area (Å²) < 4.78 is 0. The maximum Gasteiger partial charge on any atom is 0.0607 e. The van der Waals surface area contributed by atoms with Crippen molar-refractivity contribution in [2.24, 2.45) is 28.3 Å². The molecule has 1 radical (unpaired) electrons. The van der Waals surface area contributed by atoms with Gasteiger partial charge in [-0.1, -0.05) is 0 Å². The maximum absolute atomic E-state index is 5.71. The lowest BCUT2D eigenvalue weighted by Crippen LogP contribution is -2.61. The highest BCUT2D eigenvalue weighted by molar-refractivity contribution is 4.97. The average molecular weight is 171 g/mol. The van der Waals surface area contributed by atoms with Crippen LogP contribution in [0.1, 0.15) is 25.7 Å². The van der Waals surface area contributed by atoms with Crippen molar-refractivity contribution < 1.29 is 0 Å². The molecule has 1 saturated carbocycles. The molecule has 12 heavy (non-hydrogen) atoms. The van der Waals surface area contributed by atoms with E-state index >= 15 is 0 Å². The Bertz CT molecular complexity index is 128. The van der Waals surface area contributed by atoms with Crippen LogP contribution in [-0.4, -0.2) is 12.3 Å². The Kier molecular flexibility index (Phi) is 3.06. The minimum Gasteiger partial charge on any atom is -0.316 e. The lowest BCUT2D eigenvalue weighted by atomic mass is 9.70. The summed E-state index contributed by atoms with van der Waals surface area (Å²) in [7, 11) is 0. The zero-order chi connectivity index (χ0) is 9.19. The second-order valence-electron chi connectivity index (χ2n) is 3.65. The Morgan fingerprint density at radius 3 is 1.58 bits per heavy atom. The fourth-order valence-corrected chi connectivity index (χ4v) is 1.90. The first-order valence-corrected chi connectivity index (χ1v) is 4.43. The fourth-order valence-electron chi connectivity index (χ4n) is 1.90. The summed E-state index contributed by atoms with van der Waals surface area (Å²) in [6, 6.07) is 0. The second kappa shape index (κ2) is 3.70.